The number of benzene rings is 2. The van der Waals surface area contributed by atoms with Crippen molar-refractivity contribution in [3.8, 4) is 0 Å². The van der Waals surface area contributed by atoms with Crippen LogP contribution in [0.3, 0.4) is 0 Å². The number of rotatable bonds is 3. The Bertz CT molecular complexity index is 769. The Hall–Kier alpha value is -2.40. The molecular formula is C18H15FN2OS. The fraction of sp³-hybridized carbons (Fsp3) is 0.111. The minimum Gasteiger partial charge on any atom is -0.266 e. The van der Waals surface area contributed by atoms with Crippen LogP contribution in [0.4, 0.5) is 10.1 Å². The van der Waals surface area contributed by atoms with E-state index in [2.05, 4.69) is 4.99 Å². The number of amidine groups is 1. The van der Waals surface area contributed by atoms with Crippen LogP contribution >= 0.6 is 11.8 Å². The van der Waals surface area contributed by atoms with Crippen LogP contribution in [0, 0.1) is 5.82 Å². The van der Waals surface area contributed by atoms with E-state index in [1.54, 1.807) is 18.2 Å². The van der Waals surface area contributed by atoms with E-state index in [1.165, 1.54) is 28.8 Å². The van der Waals surface area contributed by atoms with E-state index in [0.717, 1.165) is 11.3 Å². The van der Waals surface area contributed by atoms with Gasteiger partial charge in [-0.1, -0.05) is 49.0 Å². The molecule has 1 aliphatic rings. The van der Waals surface area contributed by atoms with E-state index in [0.29, 0.717) is 16.6 Å². The lowest BCUT2D eigenvalue weighted by atomic mass is 10.2. The van der Waals surface area contributed by atoms with Gasteiger partial charge in [-0.2, -0.15) is 0 Å². The highest BCUT2D eigenvalue weighted by molar-refractivity contribution is 8.14. The van der Waals surface area contributed by atoms with Crippen molar-refractivity contribution < 1.29 is 9.18 Å². The number of hydrogen-bond acceptors (Lipinski definition) is 3. The van der Waals surface area contributed by atoms with Crippen LogP contribution in [-0.2, 0) is 4.79 Å². The van der Waals surface area contributed by atoms with E-state index >= 15 is 0 Å². The van der Waals surface area contributed by atoms with E-state index in [1.807, 2.05) is 37.3 Å². The standard InChI is InChI=1S/C18H15FN2OS/c1-2-23-18-20-16(12-13-6-4-3-5-7-13)17(22)21(18)15-10-8-14(19)9-11-15/h3-12H,2H2,1H3. The first-order valence-corrected chi connectivity index (χ1v) is 8.26. The second-order valence-electron chi connectivity index (χ2n) is 4.88. The first-order valence-electron chi connectivity index (χ1n) is 7.27. The van der Waals surface area contributed by atoms with E-state index in [4.69, 9.17) is 0 Å². The van der Waals surface area contributed by atoms with Gasteiger partial charge >= 0.3 is 0 Å². The summed E-state index contributed by atoms with van der Waals surface area (Å²) in [6, 6.07) is 15.4. The van der Waals surface area contributed by atoms with Crippen LogP contribution in [0.5, 0.6) is 0 Å². The highest BCUT2D eigenvalue weighted by Crippen LogP contribution is 2.29. The zero-order valence-electron chi connectivity index (χ0n) is 12.6. The molecule has 0 aliphatic carbocycles. The van der Waals surface area contributed by atoms with Crippen LogP contribution in [0.1, 0.15) is 12.5 Å². The first kappa shape index (κ1) is 15.5. The maximum Gasteiger partial charge on any atom is 0.283 e. The number of anilines is 1. The molecule has 0 spiro atoms. The Kier molecular flexibility index (Phi) is 4.57. The van der Waals surface area contributed by atoms with Gasteiger partial charge in [0, 0.05) is 0 Å². The van der Waals surface area contributed by atoms with E-state index < -0.39 is 0 Å². The molecule has 0 unspecified atom stereocenters. The number of carbonyl (C=O) groups excluding carboxylic acids is 1. The maximum absolute atomic E-state index is 13.1. The number of thioether (sulfide) groups is 1. The van der Waals surface area contributed by atoms with Crippen molar-refractivity contribution in [1.29, 1.82) is 0 Å². The highest BCUT2D eigenvalue weighted by Gasteiger charge is 2.31. The summed E-state index contributed by atoms with van der Waals surface area (Å²) in [6.45, 7) is 2.00. The normalized spacial score (nSPS) is 16.1. The summed E-state index contributed by atoms with van der Waals surface area (Å²) in [4.78, 5) is 18.7. The molecule has 3 nitrogen and oxygen atoms in total. The zero-order chi connectivity index (χ0) is 16.2. The average molecular weight is 326 g/mol. The summed E-state index contributed by atoms with van der Waals surface area (Å²) in [7, 11) is 0. The lowest BCUT2D eigenvalue weighted by molar-refractivity contribution is -0.113. The highest BCUT2D eigenvalue weighted by atomic mass is 32.2. The van der Waals surface area contributed by atoms with Crippen LogP contribution in [0.15, 0.2) is 65.3 Å². The van der Waals surface area contributed by atoms with Gasteiger partial charge in [0.2, 0.25) is 0 Å². The number of aliphatic imine (C=N–C) groups is 1. The lowest BCUT2D eigenvalue weighted by Gasteiger charge is -2.17. The molecule has 2 aromatic rings. The fourth-order valence-corrected chi connectivity index (χ4v) is 2.99. The Balaban J connectivity index is 1.98. The first-order chi connectivity index (χ1) is 11.2. The van der Waals surface area contributed by atoms with Crippen LogP contribution in [0.25, 0.3) is 6.08 Å². The Morgan fingerprint density at radius 1 is 1.13 bits per heavy atom. The molecule has 1 amide bonds. The molecule has 3 rings (SSSR count). The van der Waals surface area contributed by atoms with Gasteiger partial charge in [-0.05, 0) is 41.7 Å². The number of carbonyl (C=O) groups is 1. The number of nitrogens with zero attached hydrogens (tertiary/aromatic N) is 2. The number of hydrogen-bond donors (Lipinski definition) is 0. The molecule has 0 aromatic heterocycles. The van der Waals surface area contributed by atoms with Crippen molar-refractivity contribution in [1.82, 2.24) is 0 Å². The van der Waals surface area contributed by atoms with Gasteiger partial charge in [-0.25, -0.2) is 9.38 Å². The van der Waals surface area contributed by atoms with Gasteiger partial charge in [0.1, 0.15) is 11.5 Å². The molecule has 0 saturated carbocycles. The summed E-state index contributed by atoms with van der Waals surface area (Å²) < 4.78 is 13.1. The molecular weight excluding hydrogens is 311 g/mol. The van der Waals surface area contributed by atoms with Gasteiger partial charge < -0.3 is 0 Å². The molecule has 0 N–H and O–H groups in total. The minimum atomic E-state index is -0.331. The van der Waals surface area contributed by atoms with Gasteiger partial charge in [0.05, 0.1) is 5.69 Å². The molecule has 5 heteroatoms. The molecule has 2 aromatic carbocycles. The summed E-state index contributed by atoms with van der Waals surface area (Å²) in [5.41, 5.74) is 1.92. The lowest BCUT2D eigenvalue weighted by Crippen LogP contribution is -2.30. The molecule has 0 radical (unpaired) electrons. The maximum atomic E-state index is 13.1. The quantitative estimate of drug-likeness (QED) is 0.787. The van der Waals surface area contributed by atoms with Crippen LogP contribution in [-0.4, -0.2) is 16.8 Å². The summed E-state index contributed by atoms with van der Waals surface area (Å²) in [5, 5.41) is 0.617. The monoisotopic (exact) mass is 326 g/mol. The third-order valence-corrected chi connectivity index (χ3v) is 4.11. The van der Waals surface area contributed by atoms with Gasteiger partial charge in [0.15, 0.2) is 5.17 Å². The zero-order valence-corrected chi connectivity index (χ0v) is 13.4. The summed E-state index contributed by atoms with van der Waals surface area (Å²) >= 11 is 1.48. The summed E-state index contributed by atoms with van der Waals surface area (Å²) in [6.07, 6.45) is 1.77. The minimum absolute atomic E-state index is 0.198. The third-order valence-electron chi connectivity index (χ3n) is 3.29. The van der Waals surface area contributed by atoms with Crippen molar-refractivity contribution in [3.63, 3.8) is 0 Å². The predicted molar refractivity (Wildman–Crippen MR) is 93.9 cm³/mol. The van der Waals surface area contributed by atoms with Crippen LogP contribution in [0.2, 0.25) is 0 Å². The molecule has 116 valence electrons. The molecule has 23 heavy (non-hydrogen) atoms. The SMILES string of the molecule is CCSC1=NC(=Cc2ccccc2)C(=O)N1c1ccc(F)cc1. The largest absolute Gasteiger partial charge is 0.283 e. The number of halogens is 1. The van der Waals surface area contributed by atoms with E-state index in [-0.39, 0.29) is 11.7 Å². The van der Waals surface area contributed by atoms with Crippen molar-refractivity contribution in [2.45, 2.75) is 6.92 Å². The number of amides is 1. The van der Waals surface area contributed by atoms with Crippen molar-refractivity contribution in [3.05, 3.63) is 71.7 Å². The van der Waals surface area contributed by atoms with Crippen LogP contribution < -0.4 is 4.90 Å². The molecule has 1 aliphatic heterocycles. The topological polar surface area (TPSA) is 32.7 Å². The second-order valence-corrected chi connectivity index (χ2v) is 6.12. The molecule has 0 bridgehead atoms. The Labute approximate surface area is 138 Å². The molecule has 0 fully saturated rings. The molecule has 1 heterocycles. The second kappa shape index (κ2) is 6.79. The van der Waals surface area contributed by atoms with Crippen molar-refractivity contribution in [2.24, 2.45) is 4.99 Å². The Morgan fingerprint density at radius 3 is 2.48 bits per heavy atom. The molecule has 0 atom stereocenters. The molecule has 0 saturated heterocycles. The average Bonchev–Trinajstić information content (AvgIpc) is 2.86. The van der Waals surface area contributed by atoms with Crippen molar-refractivity contribution in [2.75, 3.05) is 10.7 Å². The summed E-state index contributed by atoms with van der Waals surface area (Å²) in [5.74, 6) is 0.265. The smallest absolute Gasteiger partial charge is 0.266 e. The van der Waals surface area contributed by atoms with Gasteiger partial charge in [-0.15, -0.1) is 0 Å². The van der Waals surface area contributed by atoms with E-state index in [9.17, 15) is 9.18 Å². The van der Waals surface area contributed by atoms with Gasteiger partial charge in [0.25, 0.3) is 5.91 Å². The van der Waals surface area contributed by atoms with Crippen molar-refractivity contribution >= 4 is 34.6 Å². The third kappa shape index (κ3) is 3.35. The van der Waals surface area contributed by atoms with Gasteiger partial charge in [-0.3, -0.25) is 9.69 Å². The predicted octanol–water partition coefficient (Wildman–Crippen LogP) is 4.32. The Morgan fingerprint density at radius 2 is 1.83 bits per heavy atom. The fourth-order valence-electron chi connectivity index (χ4n) is 2.25.